The molecule has 1 amide bonds. The first kappa shape index (κ1) is 24.1. The summed E-state index contributed by atoms with van der Waals surface area (Å²) in [5.41, 5.74) is 1.43. The summed E-state index contributed by atoms with van der Waals surface area (Å²) >= 11 is 0. The molecule has 0 aliphatic carbocycles. The third-order valence-electron chi connectivity index (χ3n) is 5.91. The van der Waals surface area contributed by atoms with Crippen LogP contribution in [0.4, 0.5) is 11.4 Å². The number of carbonyl (C=O) groups is 1. The number of morpholine rings is 1. The van der Waals surface area contributed by atoms with Crippen LogP contribution in [0.5, 0.6) is 17.2 Å². The fourth-order valence-corrected chi connectivity index (χ4v) is 3.98. The third-order valence-corrected chi connectivity index (χ3v) is 5.91. The highest BCUT2D eigenvalue weighted by atomic mass is 16.5. The van der Waals surface area contributed by atoms with E-state index in [2.05, 4.69) is 10.4 Å². The first-order chi connectivity index (χ1) is 18.1. The normalized spacial score (nSPS) is 13.2. The highest BCUT2D eigenvalue weighted by Gasteiger charge is 2.20. The Bertz CT molecular complexity index is 1430. The van der Waals surface area contributed by atoms with Gasteiger partial charge in [0.1, 0.15) is 11.5 Å². The number of methoxy groups -OCH3 is 1. The van der Waals surface area contributed by atoms with Crippen LogP contribution in [0, 0.1) is 0 Å². The summed E-state index contributed by atoms with van der Waals surface area (Å²) in [6.45, 7) is 2.13. The molecule has 0 atom stereocenters. The zero-order valence-electron chi connectivity index (χ0n) is 20.3. The Labute approximate surface area is 213 Å². The summed E-state index contributed by atoms with van der Waals surface area (Å²) in [7, 11) is 1.58. The fraction of sp³-hybridized carbons (Fsp3) is 0.179. The van der Waals surface area contributed by atoms with Gasteiger partial charge in [0.05, 0.1) is 32.2 Å². The predicted molar refractivity (Wildman–Crippen MR) is 139 cm³/mol. The molecule has 37 heavy (non-hydrogen) atoms. The van der Waals surface area contributed by atoms with Gasteiger partial charge < -0.3 is 24.4 Å². The van der Waals surface area contributed by atoms with Crippen molar-refractivity contribution in [3.8, 4) is 22.9 Å². The topological polar surface area (TPSA) is 94.9 Å². The van der Waals surface area contributed by atoms with E-state index in [4.69, 9.17) is 14.2 Å². The molecule has 2 heterocycles. The maximum absolute atomic E-state index is 13.6. The number of anilines is 2. The fourth-order valence-electron chi connectivity index (χ4n) is 3.98. The predicted octanol–water partition coefficient (Wildman–Crippen LogP) is 4.25. The van der Waals surface area contributed by atoms with E-state index in [-0.39, 0.29) is 17.3 Å². The first-order valence-corrected chi connectivity index (χ1v) is 11.9. The van der Waals surface area contributed by atoms with Gasteiger partial charge in [0, 0.05) is 24.3 Å². The molecule has 188 valence electrons. The van der Waals surface area contributed by atoms with Crippen molar-refractivity contribution in [1.82, 2.24) is 14.7 Å². The van der Waals surface area contributed by atoms with Crippen LogP contribution in [0.1, 0.15) is 10.4 Å². The lowest BCUT2D eigenvalue weighted by molar-refractivity contribution is 0.0303. The summed E-state index contributed by atoms with van der Waals surface area (Å²) in [4.78, 5) is 28.4. The van der Waals surface area contributed by atoms with Gasteiger partial charge in [0.15, 0.2) is 11.4 Å². The van der Waals surface area contributed by atoms with Gasteiger partial charge in [-0.3, -0.25) is 9.59 Å². The van der Waals surface area contributed by atoms with Crippen LogP contribution in [0.2, 0.25) is 0 Å². The van der Waals surface area contributed by atoms with Crippen molar-refractivity contribution in [1.29, 1.82) is 0 Å². The largest absolute Gasteiger partial charge is 0.497 e. The summed E-state index contributed by atoms with van der Waals surface area (Å²) in [6.07, 6.45) is 1.49. The second-order valence-electron chi connectivity index (χ2n) is 8.32. The van der Waals surface area contributed by atoms with Gasteiger partial charge in [-0.1, -0.05) is 24.3 Å². The number of nitrogens with one attached hydrogen (secondary N) is 1. The average molecular weight is 499 g/mol. The van der Waals surface area contributed by atoms with Crippen molar-refractivity contribution in [2.75, 3.05) is 38.7 Å². The quantitative estimate of drug-likeness (QED) is 0.407. The molecule has 5 rings (SSSR count). The van der Waals surface area contributed by atoms with Crippen LogP contribution >= 0.6 is 0 Å². The number of para-hydroxylation sites is 1. The molecule has 1 fully saturated rings. The lowest BCUT2D eigenvalue weighted by Gasteiger charge is -2.27. The van der Waals surface area contributed by atoms with E-state index >= 15 is 0 Å². The lowest BCUT2D eigenvalue weighted by atomic mass is 10.1. The van der Waals surface area contributed by atoms with Crippen LogP contribution in [0.15, 0.2) is 89.9 Å². The standard InChI is InChI=1S/C28H26N4O5/c1-35-23-12-10-22(11-13-23)32-28(34)26(25(19-29-32)37-24-8-3-2-4-9-24)30-21-7-5-6-20(18-21)27(33)31-14-16-36-17-15-31/h2-13,18-19,30H,14-17H2,1H3. The SMILES string of the molecule is COc1ccc(-n2ncc(Oc3ccccc3)c(Nc3cccc(C(=O)N4CCOCC4)c3)c2=O)cc1. The molecule has 0 saturated carbocycles. The highest BCUT2D eigenvalue weighted by Crippen LogP contribution is 2.29. The van der Waals surface area contributed by atoms with Gasteiger partial charge in [-0.25, -0.2) is 0 Å². The lowest BCUT2D eigenvalue weighted by Crippen LogP contribution is -2.40. The number of benzene rings is 3. The molecule has 1 saturated heterocycles. The van der Waals surface area contributed by atoms with Crippen molar-refractivity contribution in [3.05, 3.63) is 101 Å². The molecule has 0 radical (unpaired) electrons. The molecule has 1 aliphatic rings. The van der Waals surface area contributed by atoms with Crippen LogP contribution < -0.4 is 20.3 Å². The van der Waals surface area contributed by atoms with Crippen molar-refractivity contribution < 1.29 is 19.0 Å². The minimum Gasteiger partial charge on any atom is -0.497 e. The van der Waals surface area contributed by atoms with Gasteiger partial charge >= 0.3 is 0 Å². The number of ether oxygens (including phenoxy) is 3. The minimum atomic E-state index is -0.413. The van der Waals surface area contributed by atoms with Gasteiger partial charge in [0.2, 0.25) is 0 Å². The average Bonchev–Trinajstić information content (AvgIpc) is 2.96. The maximum atomic E-state index is 13.6. The van der Waals surface area contributed by atoms with Gasteiger partial charge in [-0.05, 0) is 54.6 Å². The summed E-state index contributed by atoms with van der Waals surface area (Å²) in [6, 6.07) is 23.2. The van der Waals surface area contributed by atoms with E-state index in [9.17, 15) is 9.59 Å². The van der Waals surface area contributed by atoms with Crippen LogP contribution in [0.25, 0.3) is 5.69 Å². The molecule has 0 spiro atoms. The van der Waals surface area contributed by atoms with Crippen LogP contribution in [-0.4, -0.2) is 54.0 Å². The van der Waals surface area contributed by atoms with Crippen LogP contribution in [-0.2, 0) is 4.74 Å². The Morgan fingerprint density at radius 2 is 1.70 bits per heavy atom. The van der Waals surface area contributed by atoms with E-state index < -0.39 is 5.56 Å². The Morgan fingerprint density at radius 3 is 2.43 bits per heavy atom. The molecule has 1 aromatic heterocycles. The number of hydrogen-bond donors (Lipinski definition) is 1. The van der Waals surface area contributed by atoms with E-state index in [1.807, 2.05) is 18.2 Å². The second kappa shape index (κ2) is 11.0. The molecular formula is C28H26N4O5. The van der Waals surface area contributed by atoms with Gasteiger partial charge in [0.25, 0.3) is 11.5 Å². The zero-order valence-corrected chi connectivity index (χ0v) is 20.3. The van der Waals surface area contributed by atoms with E-state index in [1.165, 1.54) is 10.9 Å². The summed E-state index contributed by atoms with van der Waals surface area (Å²) in [5, 5.41) is 7.51. The number of hydrogen-bond acceptors (Lipinski definition) is 7. The molecule has 4 aromatic rings. The van der Waals surface area contributed by atoms with Crippen molar-refractivity contribution in [2.45, 2.75) is 0 Å². The van der Waals surface area contributed by atoms with E-state index in [1.54, 1.807) is 72.7 Å². The molecule has 1 aliphatic heterocycles. The van der Waals surface area contributed by atoms with E-state index in [0.717, 1.165) is 0 Å². The Hall–Kier alpha value is -4.63. The Kier molecular flexibility index (Phi) is 7.14. The van der Waals surface area contributed by atoms with Crippen molar-refractivity contribution in [2.24, 2.45) is 0 Å². The monoisotopic (exact) mass is 498 g/mol. The molecule has 0 unspecified atom stereocenters. The van der Waals surface area contributed by atoms with Crippen molar-refractivity contribution in [3.63, 3.8) is 0 Å². The van der Waals surface area contributed by atoms with Crippen LogP contribution in [0.3, 0.4) is 0 Å². The number of amides is 1. The van der Waals surface area contributed by atoms with Crippen molar-refractivity contribution >= 4 is 17.3 Å². The molecular weight excluding hydrogens is 472 g/mol. The first-order valence-electron chi connectivity index (χ1n) is 11.9. The second-order valence-corrected chi connectivity index (χ2v) is 8.32. The summed E-state index contributed by atoms with van der Waals surface area (Å²) in [5.74, 6) is 1.40. The molecule has 1 N–H and O–H groups in total. The Morgan fingerprint density at radius 1 is 0.946 bits per heavy atom. The summed E-state index contributed by atoms with van der Waals surface area (Å²) < 4.78 is 17.9. The highest BCUT2D eigenvalue weighted by molar-refractivity contribution is 5.95. The molecule has 3 aromatic carbocycles. The Balaban J connectivity index is 1.51. The van der Waals surface area contributed by atoms with Gasteiger partial charge in [-0.15, -0.1) is 0 Å². The maximum Gasteiger partial charge on any atom is 0.299 e. The smallest absolute Gasteiger partial charge is 0.299 e. The molecule has 0 bridgehead atoms. The van der Waals surface area contributed by atoms with Gasteiger partial charge in [-0.2, -0.15) is 9.78 Å². The molecule has 9 nitrogen and oxygen atoms in total. The number of carbonyl (C=O) groups excluding carboxylic acids is 1. The zero-order chi connectivity index (χ0) is 25.6. The number of nitrogens with zero attached hydrogens (tertiary/aromatic N) is 3. The number of rotatable bonds is 7. The van der Waals surface area contributed by atoms with E-state index in [0.29, 0.717) is 54.7 Å². The number of aromatic nitrogens is 2. The third kappa shape index (κ3) is 5.46. The minimum absolute atomic E-state index is 0.0851. The molecule has 9 heteroatoms.